The molecule has 1 amide bonds. The molecule has 0 radical (unpaired) electrons. The van der Waals surface area contributed by atoms with Crippen molar-refractivity contribution in [1.82, 2.24) is 5.32 Å². The predicted octanol–water partition coefficient (Wildman–Crippen LogP) is 1.14. The Morgan fingerprint density at radius 1 is 1.18 bits per heavy atom. The van der Waals surface area contributed by atoms with Crippen molar-refractivity contribution >= 4 is 39.8 Å². The van der Waals surface area contributed by atoms with Crippen molar-refractivity contribution in [1.29, 1.82) is 10.8 Å². The number of aryl methyl sites for hydroxylation is 1. The zero-order chi connectivity index (χ0) is 16.5. The highest BCUT2D eigenvalue weighted by molar-refractivity contribution is 8.14. The number of nitrogens with two attached hydrogens (primary N) is 2. The Hall–Kier alpha value is -1.67. The van der Waals surface area contributed by atoms with E-state index in [1.54, 1.807) is 7.05 Å². The fourth-order valence-corrected chi connectivity index (χ4v) is 3.20. The summed E-state index contributed by atoms with van der Waals surface area (Å²) in [6.07, 6.45) is 1.36. The van der Waals surface area contributed by atoms with Crippen molar-refractivity contribution in [3.05, 3.63) is 35.4 Å². The molecule has 8 heteroatoms. The van der Waals surface area contributed by atoms with Crippen LogP contribution in [0.1, 0.15) is 11.1 Å². The van der Waals surface area contributed by atoms with Crippen LogP contribution in [0.3, 0.4) is 0 Å². The first-order valence-corrected chi connectivity index (χ1v) is 8.55. The number of amides is 1. The van der Waals surface area contributed by atoms with E-state index in [0.29, 0.717) is 6.42 Å². The Morgan fingerprint density at radius 2 is 1.77 bits per heavy atom. The molecule has 0 bridgehead atoms. The Bertz CT molecular complexity index is 533. The van der Waals surface area contributed by atoms with Crippen LogP contribution in [0.25, 0.3) is 0 Å². The van der Waals surface area contributed by atoms with Crippen molar-refractivity contribution < 1.29 is 4.79 Å². The molecule has 7 N–H and O–H groups in total. The molecule has 22 heavy (non-hydrogen) atoms. The van der Waals surface area contributed by atoms with E-state index < -0.39 is 5.25 Å². The van der Waals surface area contributed by atoms with Gasteiger partial charge in [0.1, 0.15) is 0 Å². The van der Waals surface area contributed by atoms with Gasteiger partial charge in [0.2, 0.25) is 5.91 Å². The molecule has 0 heterocycles. The van der Waals surface area contributed by atoms with Crippen LogP contribution in [0.5, 0.6) is 0 Å². The van der Waals surface area contributed by atoms with Crippen molar-refractivity contribution in [2.75, 3.05) is 12.8 Å². The molecule has 0 spiro atoms. The Balaban J connectivity index is 2.62. The van der Waals surface area contributed by atoms with E-state index in [1.165, 1.54) is 11.8 Å². The fraction of sp³-hybridized carbons (Fsp3) is 0.357. The van der Waals surface area contributed by atoms with Gasteiger partial charge in [-0.3, -0.25) is 15.6 Å². The molecule has 0 saturated carbocycles. The summed E-state index contributed by atoms with van der Waals surface area (Å²) in [5, 5.41) is 16.8. The number of hydrogen-bond acceptors (Lipinski definition) is 5. The summed E-state index contributed by atoms with van der Waals surface area (Å²) < 4.78 is 0. The zero-order valence-electron chi connectivity index (χ0n) is 12.4. The van der Waals surface area contributed by atoms with E-state index in [4.69, 9.17) is 22.3 Å². The average molecular weight is 339 g/mol. The summed E-state index contributed by atoms with van der Waals surface area (Å²) in [6.45, 7) is 0. The number of hydrogen-bond donors (Lipinski definition) is 5. The number of rotatable bonds is 7. The summed E-state index contributed by atoms with van der Waals surface area (Å²) in [7, 11) is 1.58. The quantitative estimate of drug-likeness (QED) is 0.376. The third kappa shape index (κ3) is 6.86. The highest BCUT2D eigenvalue weighted by Gasteiger charge is 2.19. The smallest absolute Gasteiger partial charge is 0.233 e. The van der Waals surface area contributed by atoms with Crippen LogP contribution in [0, 0.1) is 10.8 Å². The summed E-state index contributed by atoms with van der Waals surface area (Å²) in [5.74, 6) is 0.637. The molecule has 0 unspecified atom stereocenters. The van der Waals surface area contributed by atoms with Gasteiger partial charge < -0.3 is 16.8 Å². The third-order valence-corrected chi connectivity index (χ3v) is 4.54. The van der Waals surface area contributed by atoms with Gasteiger partial charge in [0.15, 0.2) is 10.3 Å². The Labute approximate surface area is 138 Å². The van der Waals surface area contributed by atoms with Crippen LogP contribution < -0.4 is 16.8 Å². The summed E-state index contributed by atoms with van der Waals surface area (Å²) in [4.78, 5) is 11.8. The average Bonchev–Trinajstić information content (AvgIpc) is 2.46. The molecular formula is C14H21N5OS2. The SMILES string of the molecule is CNC(=O)[C@H](Cc1ccc(CCSC(=N)N)cc1)SC(=N)N. The van der Waals surface area contributed by atoms with Crippen LogP contribution >= 0.6 is 23.5 Å². The predicted molar refractivity (Wildman–Crippen MR) is 95.6 cm³/mol. The number of carbonyl (C=O) groups excluding carboxylic acids is 1. The monoisotopic (exact) mass is 339 g/mol. The van der Waals surface area contributed by atoms with Gasteiger partial charge in [0.05, 0.1) is 5.25 Å². The molecule has 1 aromatic rings. The molecule has 120 valence electrons. The second-order valence-electron chi connectivity index (χ2n) is 4.57. The number of nitrogens with one attached hydrogen (secondary N) is 3. The first-order valence-electron chi connectivity index (χ1n) is 6.69. The van der Waals surface area contributed by atoms with E-state index in [2.05, 4.69) is 5.32 Å². The van der Waals surface area contributed by atoms with Gasteiger partial charge in [-0.05, 0) is 24.0 Å². The van der Waals surface area contributed by atoms with Gasteiger partial charge in [-0.2, -0.15) is 0 Å². The minimum Gasteiger partial charge on any atom is -0.379 e. The van der Waals surface area contributed by atoms with E-state index in [-0.39, 0.29) is 16.2 Å². The minimum atomic E-state index is -0.401. The molecular weight excluding hydrogens is 318 g/mol. The van der Waals surface area contributed by atoms with Crippen LogP contribution in [-0.4, -0.2) is 34.3 Å². The Morgan fingerprint density at radius 3 is 2.27 bits per heavy atom. The van der Waals surface area contributed by atoms with Gasteiger partial charge in [-0.25, -0.2) is 0 Å². The van der Waals surface area contributed by atoms with Gasteiger partial charge in [-0.1, -0.05) is 47.8 Å². The minimum absolute atomic E-state index is 0.0634. The van der Waals surface area contributed by atoms with E-state index in [1.807, 2.05) is 24.3 Å². The van der Waals surface area contributed by atoms with Gasteiger partial charge >= 0.3 is 0 Å². The maximum atomic E-state index is 11.8. The van der Waals surface area contributed by atoms with Crippen LogP contribution in [0.2, 0.25) is 0 Å². The lowest BCUT2D eigenvalue weighted by molar-refractivity contribution is -0.120. The molecule has 0 fully saturated rings. The number of amidine groups is 2. The van der Waals surface area contributed by atoms with Crippen molar-refractivity contribution in [3.8, 4) is 0 Å². The zero-order valence-corrected chi connectivity index (χ0v) is 14.0. The number of benzene rings is 1. The molecule has 0 aliphatic carbocycles. The highest BCUT2D eigenvalue weighted by Crippen LogP contribution is 2.17. The van der Waals surface area contributed by atoms with Crippen molar-refractivity contribution in [2.45, 2.75) is 18.1 Å². The lowest BCUT2D eigenvalue weighted by Gasteiger charge is -2.14. The summed E-state index contributed by atoms with van der Waals surface area (Å²) >= 11 is 2.38. The van der Waals surface area contributed by atoms with Crippen molar-refractivity contribution in [2.24, 2.45) is 11.5 Å². The number of carbonyl (C=O) groups is 1. The molecule has 0 saturated heterocycles. The van der Waals surface area contributed by atoms with E-state index >= 15 is 0 Å². The second kappa shape index (κ2) is 9.37. The molecule has 0 aromatic heterocycles. The lowest BCUT2D eigenvalue weighted by Crippen LogP contribution is -2.33. The highest BCUT2D eigenvalue weighted by atomic mass is 32.2. The van der Waals surface area contributed by atoms with Crippen molar-refractivity contribution in [3.63, 3.8) is 0 Å². The Kier molecular flexibility index (Phi) is 7.83. The van der Waals surface area contributed by atoms with Crippen LogP contribution in [0.15, 0.2) is 24.3 Å². The van der Waals surface area contributed by atoms with Crippen LogP contribution in [0.4, 0.5) is 0 Å². The van der Waals surface area contributed by atoms with Gasteiger partial charge in [0, 0.05) is 12.8 Å². The van der Waals surface area contributed by atoms with Gasteiger partial charge in [0.25, 0.3) is 0 Å². The van der Waals surface area contributed by atoms with E-state index in [9.17, 15) is 4.79 Å². The molecule has 1 atom stereocenters. The maximum absolute atomic E-state index is 11.8. The summed E-state index contributed by atoms with van der Waals surface area (Å²) in [6, 6.07) is 7.97. The van der Waals surface area contributed by atoms with Gasteiger partial charge in [-0.15, -0.1) is 0 Å². The first kappa shape index (κ1) is 18.4. The standard InChI is InChI=1S/C14H21N5OS2/c1-19-12(20)11(22-14(17)18)8-10-4-2-9(3-5-10)6-7-21-13(15)16/h2-5,11H,6-8H2,1H3,(H3,15,16)(H3,17,18)(H,19,20)/t11-/m0/s1. The lowest BCUT2D eigenvalue weighted by atomic mass is 10.1. The van der Waals surface area contributed by atoms with Crippen LogP contribution in [-0.2, 0) is 17.6 Å². The molecule has 0 aliphatic heterocycles. The fourth-order valence-electron chi connectivity index (χ4n) is 1.84. The van der Waals surface area contributed by atoms with E-state index in [0.717, 1.165) is 35.1 Å². The second-order valence-corrected chi connectivity index (χ2v) is 6.95. The maximum Gasteiger partial charge on any atom is 0.233 e. The largest absolute Gasteiger partial charge is 0.379 e. The third-order valence-electron chi connectivity index (χ3n) is 2.90. The number of thioether (sulfide) groups is 2. The first-order chi connectivity index (χ1) is 10.4. The normalized spacial score (nSPS) is 11.7. The molecule has 6 nitrogen and oxygen atoms in total. The topological polar surface area (TPSA) is 129 Å². The molecule has 0 aliphatic rings. The summed E-state index contributed by atoms with van der Waals surface area (Å²) in [5.41, 5.74) is 12.9. The molecule has 1 aromatic carbocycles. The molecule has 1 rings (SSSR count).